The molecule has 1 saturated carbocycles. The second kappa shape index (κ2) is 8.03. The smallest absolute Gasteiger partial charge is 0.344 e. The molecule has 0 N–H and O–H groups in total. The number of hydrogen-bond donors (Lipinski definition) is 0. The van der Waals surface area contributed by atoms with Crippen LogP contribution >= 0.6 is 0 Å². The van der Waals surface area contributed by atoms with Crippen molar-refractivity contribution in [1.82, 2.24) is 0 Å². The molecule has 29 heavy (non-hydrogen) atoms. The van der Waals surface area contributed by atoms with Crippen molar-refractivity contribution in [3.63, 3.8) is 0 Å². The van der Waals surface area contributed by atoms with E-state index in [1.165, 1.54) is 14.2 Å². The molecule has 7 nitrogen and oxygen atoms in total. The molecule has 0 spiro atoms. The maximum Gasteiger partial charge on any atom is 0.344 e. The Balaban J connectivity index is 1.68. The van der Waals surface area contributed by atoms with Gasteiger partial charge in [-0.15, -0.1) is 0 Å². The molecule has 0 saturated heterocycles. The molecule has 1 aliphatic heterocycles. The molecule has 0 aromatic heterocycles. The fraction of sp³-hybridized carbons (Fsp3) is 0.364. The molecule has 0 amide bonds. The summed E-state index contributed by atoms with van der Waals surface area (Å²) in [5.41, 5.74) is 2.74. The summed E-state index contributed by atoms with van der Waals surface area (Å²) >= 11 is 0. The highest BCUT2D eigenvalue weighted by atomic mass is 16.6. The molecule has 1 aliphatic carbocycles. The fourth-order valence-corrected chi connectivity index (χ4v) is 3.32. The lowest BCUT2D eigenvalue weighted by Crippen LogP contribution is -2.17. The number of carbonyl (C=O) groups excluding carboxylic acids is 2. The lowest BCUT2D eigenvalue weighted by atomic mass is 9.95. The van der Waals surface area contributed by atoms with E-state index in [2.05, 4.69) is 0 Å². The zero-order chi connectivity index (χ0) is 20.4. The van der Waals surface area contributed by atoms with Gasteiger partial charge in [-0.1, -0.05) is 12.1 Å². The maximum atomic E-state index is 12.1. The van der Waals surface area contributed by atoms with Crippen LogP contribution in [0.4, 0.5) is 0 Å². The zero-order valence-corrected chi connectivity index (χ0v) is 16.4. The normalized spacial score (nSPS) is 14.8. The van der Waals surface area contributed by atoms with Crippen molar-refractivity contribution in [3.8, 4) is 28.4 Å². The van der Waals surface area contributed by atoms with Crippen LogP contribution in [0.15, 0.2) is 30.3 Å². The lowest BCUT2D eigenvalue weighted by Gasteiger charge is -2.18. The van der Waals surface area contributed by atoms with Crippen LogP contribution in [0.2, 0.25) is 0 Å². The Kier molecular flexibility index (Phi) is 5.29. The molecule has 0 radical (unpaired) electrons. The Bertz CT molecular complexity index is 946. The SMILES string of the molecule is COc1ccc(-c2cccc3c2COC3=O)c(OCC(=O)OCC2CC2)c1OC. The number of methoxy groups -OCH3 is 2. The van der Waals surface area contributed by atoms with E-state index in [9.17, 15) is 9.59 Å². The van der Waals surface area contributed by atoms with Gasteiger partial charge in [-0.25, -0.2) is 9.59 Å². The number of ether oxygens (including phenoxy) is 5. The molecule has 2 aromatic carbocycles. The first-order chi connectivity index (χ1) is 14.1. The van der Waals surface area contributed by atoms with Gasteiger partial charge in [-0.3, -0.25) is 0 Å². The predicted molar refractivity (Wildman–Crippen MR) is 103 cm³/mol. The van der Waals surface area contributed by atoms with Crippen molar-refractivity contribution in [2.45, 2.75) is 19.4 Å². The summed E-state index contributed by atoms with van der Waals surface area (Å²) in [6.07, 6.45) is 2.20. The number of cyclic esters (lactones) is 1. The quantitative estimate of drug-likeness (QED) is 0.631. The molecule has 0 atom stereocenters. The second-order valence-electron chi connectivity index (χ2n) is 7.00. The molecule has 2 aromatic rings. The third kappa shape index (κ3) is 3.85. The molecule has 2 aliphatic rings. The molecule has 1 fully saturated rings. The van der Waals surface area contributed by atoms with Crippen molar-refractivity contribution >= 4 is 11.9 Å². The number of carbonyl (C=O) groups is 2. The molecule has 0 bridgehead atoms. The van der Waals surface area contributed by atoms with Crippen molar-refractivity contribution in [2.75, 3.05) is 27.4 Å². The van der Waals surface area contributed by atoms with Gasteiger partial charge >= 0.3 is 11.9 Å². The van der Waals surface area contributed by atoms with Crippen LogP contribution in [-0.4, -0.2) is 39.4 Å². The minimum Gasteiger partial charge on any atom is -0.493 e. The average Bonchev–Trinajstić information content (AvgIpc) is 3.51. The Hall–Kier alpha value is -3.22. The van der Waals surface area contributed by atoms with Gasteiger partial charge in [0.15, 0.2) is 18.1 Å². The van der Waals surface area contributed by atoms with Gasteiger partial charge in [0.05, 0.1) is 26.4 Å². The highest BCUT2D eigenvalue weighted by Crippen LogP contribution is 2.46. The summed E-state index contributed by atoms with van der Waals surface area (Å²) in [5.74, 6) is 0.867. The average molecular weight is 398 g/mol. The van der Waals surface area contributed by atoms with E-state index >= 15 is 0 Å². The van der Waals surface area contributed by atoms with Crippen molar-refractivity contribution in [3.05, 3.63) is 41.5 Å². The standard InChI is InChI=1S/C22H22O7/c1-25-18-9-8-15(14-4-3-5-16-17(14)11-29-22(16)24)20(21(18)26-2)28-12-19(23)27-10-13-6-7-13/h3-5,8-9,13H,6-7,10-12H2,1-2H3. The van der Waals surface area contributed by atoms with Gasteiger partial charge in [0.1, 0.15) is 6.61 Å². The Morgan fingerprint density at radius 3 is 2.55 bits per heavy atom. The van der Waals surface area contributed by atoms with E-state index in [4.69, 9.17) is 23.7 Å². The van der Waals surface area contributed by atoms with Crippen LogP contribution in [0.3, 0.4) is 0 Å². The number of esters is 2. The summed E-state index contributed by atoms with van der Waals surface area (Å²) in [4.78, 5) is 24.0. The highest BCUT2D eigenvalue weighted by molar-refractivity contribution is 5.96. The van der Waals surface area contributed by atoms with Crippen LogP contribution in [0.5, 0.6) is 17.2 Å². The minimum absolute atomic E-state index is 0.182. The first-order valence-corrected chi connectivity index (χ1v) is 9.45. The number of fused-ring (bicyclic) bond motifs is 1. The summed E-state index contributed by atoms with van der Waals surface area (Å²) in [6.45, 7) is 0.352. The topological polar surface area (TPSA) is 80.3 Å². The molecular formula is C22H22O7. The first-order valence-electron chi connectivity index (χ1n) is 9.45. The minimum atomic E-state index is -0.440. The molecule has 0 unspecified atom stereocenters. The Morgan fingerprint density at radius 1 is 1.03 bits per heavy atom. The molecule has 4 rings (SSSR count). The molecule has 1 heterocycles. The van der Waals surface area contributed by atoms with Crippen LogP contribution in [0.1, 0.15) is 28.8 Å². The van der Waals surface area contributed by atoms with E-state index in [0.717, 1.165) is 24.0 Å². The first kappa shape index (κ1) is 19.1. The third-order valence-electron chi connectivity index (χ3n) is 5.05. The third-order valence-corrected chi connectivity index (χ3v) is 5.05. The van der Waals surface area contributed by atoms with Gasteiger partial charge in [0.25, 0.3) is 0 Å². The van der Waals surface area contributed by atoms with E-state index in [-0.39, 0.29) is 19.2 Å². The van der Waals surface area contributed by atoms with E-state index < -0.39 is 5.97 Å². The van der Waals surface area contributed by atoms with Gasteiger partial charge in [0.2, 0.25) is 5.75 Å². The summed E-state index contributed by atoms with van der Waals surface area (Å²) in [6, 6.07) is 8.95. The monoisotopic (exact) mass is 398 g/mol. The highest BCUT2D eigenvalue weighted by Gasteiger charge is 2.28. The van der Waals surface area contributed by atoms with E-state index in [1.54, 1.807) is 18.2 Å². The van der Waals surface area contributed by atoms with Gasteiger partial charge < -0.3 is 23.7 Å². The van der Waals surface area contributed by atoms with Crippen LogP contribution in [-0.2, 0) is 20.9 Å². The molecular weight excluding hydrogens is 376 g/mol. The second-order valence-corrected chi connectivity index (χ2v) is 7.00. The van der Waals surface area contributed by atoms with Crippen molar-refractivity contribution < 1.29 is 33.3 Å². The van der Waals surface area contributed by atoms with Gasteiger partial charge in [0, 0.05) is 11.1 Å². The summed E-state index contributed by atoms with van der Waals surface area (Å²) < 4.78 is 27.2. The zero-order valence-electron chi connectivity index (χ0n) is 16.4. The Morgan fingerprint density at radius 2 is 1.83 bits per heavy atom. The Labute approximate surface area is 168 Å². The van der Waals surface area contributed by atoms with Crippen LogP contribution < -0.4 is 14.2 Å². The largest absolute Gasteiger partial charge is 0.493 e. The van der Waals surface area contributed by atoms with Crippen molar-refractivity contribution in [1.29, 1.82) is 0 Å². The summed E-state index contributed by atoms with van der Waals surface area (Å²) in [7, 11) is 3.03. The van der Waals surface area contributed by atoms with Crippen LogP contribution in [0, 0.1) is 5.92 Å². The van der Waals surface area contributed by atoms with E-state index in [1.807, 2.05) is 12.1 Å². The summed E-state index contributed by atoms with van der Waals surface area (Å²) in [5, 5.41) is 0. The van der Waals surface area contributed by atoms with E-state index in [0.29, 0.717) is 40.9 Å². The fourth-order valence-electron chi connectivity index (χ4n) is 3.32. The van der Waals surface area contributed by atoms with Gasteiger partial charge in [-0.2, -0.15) is 0 Å². The number of benzene rings is 2. The lowest BCUT2D eigenvalue weighted by molar-refractivity contribution is -0.146. The number of rotatable bonds is 8. The number of hydrogen-bond acceptors (Lipinski definition) is 7. The van der Waals surface area contributed by atoms with Gasteiger partial charge in [-0.05, 0) is 42.5 Å². The predicted octanol–water partition coefficient (Wildman–Crippen LogP) is 3.37. The van der Waals surface area contributed by atoms with Crippen molar-refractivity contribution in [2.24, 2.45) is 5.92 Å². The molecule has 7 heteroatoms. The maximum absolute atomic E-state index is 12.1. The van der Waals surface area contributed by atoms with Crippen LogP contribution in [0.25, 0.3) is 11.1 Å². The molecule has 152 valence electrons.